The Morgan fingerprint density at radius 3 is 2.65 bits per heavy atom. The Morgan fingerprint density at radius 1 is 1.23 bits per heavy atom. The largest absolute Gasteiger partial charge is 0.492 e. The predicted molar refractivity (Wildman–Crippen MR) is 119 cm³/mol. The number of aliphatic hydroxyl groups excluding tert-OH is 1. The van der Waals surface area contributed by atoms with Gasteiger partial charge in [-0.3, -0.25) is 14.9 Å². The van der Waals surface area contributed by atoms with Crippen molar-refractivity contribution < 1.29 is 19.6 Å². The Morgan fingerprint density at radius 2 is 1.97 bits per heavy atom. The Kier molecular flexibility index (Phi) is 7.70. The van der Waals surface area contributed by atoms with Gasteiger partial charge in [-0.25, -0.2) is 0 Å². The summed E-state index contributed by atoms with van der Waals surface area (Å²) in [5, 5.41) is 27.5. The summed E-state index contributed by atoms with van der Waals surface area (Å²) in [5.74, 6) is 0.114. The van der Waals surface area contributed by atoms with E-state index < -0.39 is 10.8 Å². The minimum Gasteiger partial charge on any atom is -0.492 e. The van der Waals surface area contributed by atoms with Crippen LogP contribution in [0.4, 0.5) is 11.4 Å². The fourth-order valence-corrected chi connectivity index (χ4v) is 3.77. The van der Waals surface area contributed by atoms with Gasteiger partial charge in [0.25, 0.3) is 11.6 Å². The molecule has 1 amide bonds. The lowest BCUT2D eigenvalue weighted by Crippen LogP contribution is -2.30. The third kappa shape index (κ3) is 6.08. The van der Waals surface area contributed by atoms with Crippen LogP contribution in [0.5, 0.6) is 5.75 Å². The number of amides is 1. The molecule has 0 aliphatic heterocycles. The summed E-state index contributed by atoms with van der Waals surface area (Å²) < 4.78 is 5.47. The van der Waals surface area contributed by atoms with E-state index in [4.69, 9.17) is 16.3 Å². The second-order valence-electron chi connectivity index (χ2n) is 7.52. The van der Waals surface area contributed by atoms with Crippen LogP contribution >= 0.6 is 11.6 Å². The standard InChI is InChI=1S/C22H26ClN3O5/c1-2-31-21-11-14(3-9-19(21)23)13-24-22(28)18-12-16(26(29)30)6-10-20(18)25-15-4-7-17(27)8-5-15/h3,6,9-12,15,17,25,27H,2,4-5,7-8,13H2,1H3,(H,24,28)/t15-,17+. The van der Waals surface area contributed by atoms with E-state index in [0.717, 1.165) is 18.4 Å². The molecule has 31 heavy (non-hydrogen) atoms. The fourth-order valence-electron chi connectivity index (χ4n) is 3.60. The molecule has 1 saturated carbocycles. The monoisotopic (exact) mass is 447 g/mol. The molecule has 8 nitrogen and oxygen atoms in total. The molecule has 3 N–H and O–H groups in total. The number of nitro groups is 1. The highest BCUT2D eigenvalue weighted by molar-refractivity contribution is 6.32. The van der Waals surface area contributed by atoms with Gasteiger partial charge in [-0.15, -0.1) is 0 Å². The number of benzene rings is 2. The molecule has 1 aliphatic carbocycles. The van der Waals surface area contributed by atoms with Crippen molar-refractivity contribution in [2.75, 3.05) is 11.9 Å². The Balaban J connectivity index is 1.75. The Bertz CT molecular complexity index is 945. The maximum atomic E-state index is 12.9. The molecule has 0 atom stereocenters. The number of non-ortho nitro benzene ring substituents is 1. The molecule has 0 heterocycles. The van der Waals surface area contributed by atoms with Gasteiger partial charge in [0.15, 0.2) is 0 Å². The highest BCUT2D eigenvalue weighted by Gasteiger charge is 2.22. The first-order valence-corrected chi connectivity index (χ1v) is 10.7. The van der Waals surface area contributed by atoms with E-state index in [2.05, 4.69) is 10.6 Å². The van der Waals surface area contributed by atoms with Crippen LogP contribution in [0.1, 0.15) is 48.5 Å². The third-order valence-corrected chi connectivity index (χ3v) is 5.58. The molecular formula is C22H26ClN3O5. The van der Waals surface area contributed by atoms with Gasteiger partial charge >= 0.3 is 0 Å². The number of nitro benzene ring substituents is 1. The van der Waals surface area contributed by atoms with Gasteiger partial charge in [0.2, 0.25) is 0 Å². The van der Waals surface area contributed by atoms with Crippen molar-refractivity contribution >= 4 is 28.9 Å². The summed E-state index contributed by atoms with van der Waals surface area (Å²) in [6.45, 7) is 2.54. The number of rotatable bonds is 8. The van der Waals surface area contributed by atoms with Crippen molar-refractivity contribution in [2.45, 2.75) is 51.3 Å². The number of anilines is 1. The van der Waals surface area contributed by atoms with Crippen molar-refractivity contribution in [1.82, 2.24) is 5.32 Å². The summed E-state index contributed by atoms with van der Waals surface area (Å²) >= 11 is 6.10. The number of nitrogens with zero attached hydrogens (tertiary/aromatic N) is 1. The Labute approximate surface area is 185 Å². The fraction of sp³-hybridized carbons (Fsp3) is 0.409. The summed E-state index contributed by atoms with van der Waals surface area (Å²) in [6.07, 6.45) is 2.61. The highest BCUT2D eigenvalue weighted by atomic mass is 35.5. The third-order valence-electron chi connectivity index (χ3n) is 5.26. The number of carbonyl (C=O) groups excluding carboxylic acids is 1. The van der Waals surface area contributed by atoms with Crippen LogP contribution in [0, 0.1) is 10.1 Å². The van der Waals surface area contributed by atoms with Crippen molar-refractivity contribution in [3.8, 4) is 5.75 Å². The first-order chi connectivity index (χ1) is 14.9. The predicted octanol–water partition coefficient (Wildman–Crippen LogP) is 4.29. The molecule has 0 radical (unpaired) electrons. The molecule has 0 aromatic heterocycles. The lowest BCUT2D eigenvalue weighted by molar-refractivity contribution is -0.384. The molecule has 0 unspecified atom stereocenters. The van der Waals surface area contributed by atoms with E-state index in [0.29, 0.717) is 35.9 Å². The molecular weight excluding hydrogens is 422 g/mol. The van der Waals surface area contributed by atoms with Crippen LogP contribution in [0.3, 0.4) is 0 Å². The number of halogens is 1. The first kappa shape index (κ1) is 22.8. The molecule has 166 valence electrons. The quantitative estimate of drug-likeness (QED) is 0.411. The summed E-state index contributed by atoms with van der Waals surface area (Å²) in [5.41, 5.74) is 1.39. The molecule has 3 rings (SSSR count). The van der Waals surface area contributed by atoms with Crippen LogP contribution in [-0.4, -0.2) is 34.7 Å². The molecule has 0 bridgehead atoms. The van der Waals surface area contributed by atoms with Gasteiger partial charge in [0, 0.05) is 30.4 Å². The minimum absolute atomic E-state index is 0.0985. The number of carbonyl (C=O) groups is 1. The smallest absolute Gasteiger partial charge is 0.270 e. The van der Waals surface area contributed by atoms with Gasteiger partial charge in [0.05, 0.1) is 28.2 Å². The number of hydrogen-bond acceptors (Lipinski definition) is 6. The maximum Gasteiger partial charge on any atom is 0.270 e. The van der Waals surface area contributed by atoms with Crippen molar-refractivity contribution in [3.63, 3.8) is 0 Å². The summed E-state index contributed by atoms with van der Waals surface area (Å²) in [4.78, 5) is 23.6. The molecule has 2 aromatic rings. The normalized spacial score (nSPS) is 18.3. The van der Waals surface area contributed by atoms with Crippen LogP contribution in [0.2, 0.25) is 5.02 Å². The van der Waals surface area contributed by atoms with E-state index in [9.17, 15) is 20.0 Å². The second-order valence-corrected chi connectivity index (χ2v) is 7.92. The highest BCUT2D eigenvalue weighted by Crippen LogP contribution is 2.28. The topological polar surface area (TPSA) is 114 Å². The van der Waals surface area contributed by atoms with Crippen molar-refractivity contribution in [3.05, 3.63) is 62.7 Å². The van der Waals surface area contributed by atoms with Gasteiger partial charge in [-0.1, -0.05) is 17.7 Å². The van der Waals surface area contributed by atoms with E-state index in [-0.39, 0.29) is 29.9 Å². The van der Waals surface area contributed by atoms with Gasteiger partial charge < -0.3 is 20.5 Å². The molecule has 0 saturated heterocycles. The molecule has 0 spiro atoms. The number of ether oxygens (including phenoxy) is 1. The van der Waals surface area contributed by atoms with Gasteiger partial charge in [-0.05, 0) is 56.4 Å². The Hall–Kier alpha value is -2.84. The zero-order valence-electron chi connectivity index (χ0n) is 17.3. The van der Waals surface area contributed by atoms with Gasteiger partial charge in [-0.2, -0.15) is 0 Å². The van der Waals surface area contributed by atoms with E-state index in [1.54, 1.807) is 24.3 Å². The maximum absolute atomic E-state index is 12.9. The minimum atomic E-state index is -0.523. The molecule has 2 aromatic carbocycles. The van der Waals surface area contributed by atoms with Crippen LogP contribution < -0.4 is 15.4 Å². The van der Waals surface area contributed by atoms with Crippen molar-refractivity contribution in [2.24, 2.45) is 0 Å². The van der Waals surface area contributed by atoms with Gasteiger partial charge in [0.1, 0.15) is 5.75 Å². The lowest BCUT2D eigenvalue weighted by Gasteiger charge is -2.27. The lowest BCUT2D eigenvalue weighted by atomic mass is 9.92. The zero-order valence-corrected chi connectivity index (χ0v) is 18.0. The van der Waals surface area contributed by atoms with Crippen LogP contribution in [0.15, 0.2) is 36.4 Å². The first-order valence-electron chi connectivity index (χ1n) is 10.3. The van der Waals surface area contributed by atoms with Crippen LogP contribution in [0.25, 0.3) is 0 Å². The summed E-state index contributed by atoms with van der Waals surface area (Å²) in [7, 11) is 0. The number of nitrogens with one attached hydrogen (secondary N) is 2. The molecule has 9 heteroatoms. The molecule has 1 fully saturated rings. The molecule has 1 aliphatic rings. The van der Waals surface area contributed by atoms with E-state index in [1.807, 2.05) is 6.92 Å². The zero-order chi connectivity index (χ0) is 22.4. The van der Waals surface area contributed by atoms with Crippen LogP contribution in [-0.2, 0) is 6.54 Å². The summed E-state index contributed by atoms with van der Waals surface area (Å²) in [6, 6.07) is 9.56. The van der Waals surface area contributed by atoms with Crippen molar-refractivity contribution in [1.29, 1.82) is 0 Å². The average Bonchev–Trinajstić information content (AvgIpc) is 2.76. The van der Waals surface area contributed by atoms with E-state index in [1.165, 1.54) is 12.1 Å². The number of aliphatic hydroxyl groups is 1. The number of hydrogen-bond donors (Lipinski definition) is 3. The SMILES string of the molecule is CCOc1cc(CNC(=O)c2cc([N+](=O)[O-])ccc2N[C@H]2CC[C@@H](O)CC2)ccc1Cl. The average molecular weight is 448 g/mol. The second kappa shape index (κ2) is 10.5. The van der Waals surface area contributed by atoms with E-state index >= 15 is 0 Å².